The van der Waals surface area contributed by atoms with Gasteiger partial charge in [0.1, 0.15) is 0 Å². The van der Waals surface area contributed by atoms with Crippen molar-refractivity contribution in [1.29, 1.82) is 0 Å². The molecule has 20 heavy (non-hydrogen) atoms. The molecule has 0 spiro atoms. The van der Waals surface area contributed by atoms with Crippen molar-refractivity contribution in [3.8, 4) is 0 Å². The highest BCUT2D eigenvalue weighted by Gasteiger charge is 2.15. The molecule has 1 heterocycles. The quantitative estimate of drug-likeness (QED) is 0.866. The summed E-state index contributed by atoms with van der Waals surface area (Å²) in [5.41, 5.74) is 10.6. The second-order valence-electron chi connectivity index (χ2n) is 5.50. The molecule has 0 radical (unpaired) electrons. The first kappa shape index (κ1) is 13.0. The fourth-order valence-electron chi connectivity index (χ4n) is 3.07. The molecule has 2 aromatic rings. The maximum absolute atomic E-state index is 12.0. The lowest BCUT2D eigenvalue weighted by Crippen LogP contribution is -2.23. The van der Waals surface area contributed by atoms with Gasteiger partial charge in [-0.3, -0.25) is 4.79 Å². The van der Waals surface area contributed by atoms with E-state index in [-0.39, 0.29) is 5.56 Å². The van der Waals surface area contributed by atoms with Crippen LogP contribution in [-0.2, 0) is 25.8 Å². The van der Waals surface area contributed by atoms with Crippen LogP contribution >= 0.6 is 0 Å². The number of benzene rings is 1. The Morgan fingerprint density at radius 3 is 2.90 bits per heavy atom. The van der Waals surface area contributed by atoms with Crippen LogP contribution in [0.2, 0.25) is 0 Å². The van der Waals surface area contributed by atoms with Crippen molar-refractivity contribution < 1.29 is 0 Å². The van der Waals surface area contributed by atoms with Gasteiger partial charge in [-0.15, -0.1) is 0 Å². The van der Waals surface area contributed by atoms with E-state index < -0.39 is 0 Å². The molecule has 1 aromatic heterocycles. The van der Waals surface area contributed by atoms with Crippen molar-refractivity contribution in [1.82, 2.24) is 4.57 Å². The minimum atomic E-state index is 0.137. The van der Waals surface area contributed by atoms with Crippen molar-refractivity contribution in [2.75, 3.05) is 5.73 Å². The number of hydrogen-bond acceptors (Lipinski definition) is 2. The van der Waals surface area contributed by atoms with E-state index in [4.69, 9.17) is 5.73 Å². The van der Waals surface area contributed by atoms with Gasteiger partial charge in [0.25, 0.3) is 5.56 Å². The Labute approximate surface area is 119 Å². The Kier molecular flexibility index (Phi) is 3.59. The highest BCUT2D eigenvalue weighted by atomic mass is 16.1. The van der Waals surface area contributed by atoms with Crippen LogP contribution in [0.25, 0.3) is 0 Å². The predicted octanol–water partition coefficient (Wildman–Crippen LogP) is 2.55. The van der Waals surface area contributed by atoms with Crippen LogP contribution in [0.15, 0.2) is 41.2 Å². The average Bonchev–Trinajstić information content (AvgIpc) is 2.90. The second-order valence-corrected chi connectivity index (χ2v) is 5.50. The van der Waals surface area contributed by atoms with E-state index in [1.54, 1.807) is 6.07 Å². The molecular formula is C17H20N2O. The van der Waals surface area contributed by atoms with Crippen molar-refractivity contribution in [2.45, 2.75) is 38.6 Å². The third-order valence-corrected chi connectivity index (χ3v) is 4.05. The second kappa shape index (κ2) is 5.53. The number of fused-ring (bicyclic) bond motifs is 1. The molecule has 2 N–H and O–H groups in total. The number of pyridine rings is 1. The van der Waals surface area contributed by atoms with E-state index in [1.165, 1.54) is 23.2 Å². The number of hydrogen-bond donors (Lipinski definition) is 1. The van der Waals surface area contributed by atoms with Gasteiger partial charge < -0.3 is 10.3 Å². The summed E-state index contributed by atoms with van der Waals surface area (Å²) < 4.78 is 1.97. The number of anilines is 1. The summed E-state index contributed by atoms with van der Waals surface area (Å²) in [5.74, 6) is 0. The normalized spacial score (nSPS) is 13.4. The van der Waals surface area contributed by atoms with Crippen LogP contribution in [0, 0.1) is 0 Å². The van der Waals surface area contributed by atoms with Crippen molar-refractivity contribution >= 4 is 5.69 Å². The number of aryl methyl sites for hydroxylation is 2. The zero-order chi connectivity index (χ0) is 13.9. The molecule has 3 heteroatoms. The maximum Gasteiger partial charge on any atom is 0.250 e. The molecule has 3 nitrogen and oxygen atoms in total. The lowest BCUT2D eigenvalue weighted by molar-refractivity contribution is 0.598. The fourth-order valence-corrected chi connectivity index (χ4v) is 3.07. The van der Waals surface area contributed by atoms with Crippen LogP contribution in [-0.4, -0.2) is 4.57 Å². The van der Waals surface area contributed by atoms with Crippen LogP contribution in [0.5, 0.6) is 0 Å². The van der Waals surface area contributed by atoms with Crippen molar-refractivity contribution in [3.63, 3.8) is 0 Å². The standard InChI is InChI=1S/C17H20N2O/c18-15-7-1-4-13(12-15)5-3-11-19-16-8-2-6-14(16)9-10-17(19)20/h1,4,7,9-10,12H,2-3,5-6,8,11,18H2. The van der Waals surface area contributed by atoms with Gasteiger partial charge in [0, 0.05) is 24.0 Å². The van der Waals surface area contributed by atoms with Gasteiger partial charge in [0.2, 0.25) is 0 Å². The predicted molar refractivity (Wildman–Crippen MR) is 81.9 cm³/mol. The first-order valence-corrected chi connectivity index (χ1v) is 7.30. The molecule has 1 aromatic carbocycles. The van der Waals surface area contributed by atoms with E-state index in [1.807, 2.05) is 28.8 Å². The van der Waals surface area contributed by atoms with Crippen molar-refractivity contribution in [2.24, 2.45) is 0 Å². The minimum absolute atomic E-state index is 0.137. The number of nitrogen functional groups attached to an aromatic ring is 1. The SMILES string of the molecule is Nc1cccc(CCCn2c3c(ccc2=O)CCC3)c1. The Morgan fingerprint density at radius 2 is 2.05 bits per heavy atom. The summed E-state index contributed by atoms with van der Waals surface area (Å²) >= 11 is 0. The lowest BCUT2D eigenvalue weighted by atomic mass is 10.1. The topological polar surface area (TPSA) is 48.0 Å². The first-order chi connectivity index (χ1) is 9.74. The number of rotatable bonds is 4. The third-order valence-electron chi connectivity index (χ3n) is 4.05. The summed E-state index contributed by atoms with van der Waals surface area (Å²) in [6.45, 7) is 0.802. The van der Waals surface area contributed by atoms with Gasteiger partial charge in [-0.1, -0.05) is 18.2 Å². The van der Waals surface area contributed by atoms with Crippen LogP contribution in [0.1, 0.15) is 29.7 Å². The number of aromatic nitrogens is 1. The zero-order valence-electron chi connectivity index (χ0n) is 11.6. The Morgan fingerprint density at radius 1 is 1.15 bits per heavy atom. The van der Waals surface area contributed by atoms with E-state index in [2.05, 4.69) is 6.07 Å². The van der Waals surface area contributed by atoms with Crippen LogP contribution in [0.4, 0.5) is 5.69 Å². The third kappa shape index (κ3) is 2.62. The number of nitrogens with zero attached hydrogens (tertiary/aromatic N) is 1. The van der Waals surface area contributed by atoms with E-state index in [9.17, 15) is 4.79 Å². The minimum Gasteiger partial charge on any atom is -0.399 e. The summed E-state index contributed by atoms with van der Waals surface area (Å²) in [6, 6.07) is 11.7. The lowest BCUT2D eigenvalue weighted by Gasteiger charge is -2.11. The molecule has 0 amide bonds. The van der Waals surface area contributed by atoms with Crippen LogP contribution < -0.4 is 11.3 Å². The first-order valence-electron chi connectivity index (χ1n) is 7.30. The van der Waals surface area contributed by atoms with Gasteiger partial charge in [0.05, 0.1) is 0 Å². The van der Waals surface area contributed by atoms with E-state index in [0.29, 0.717) is 0 Å². The van der Waals surface area contributed by atoms with Crippen molar-refractivity contribution in [3.05, 3.63) is 63.6 Å². The van der Waals surface area contributed by atoms with E-state index in [0.717, 1.165) is 37.9 Å². The summed E-state index contributed by atoms with van der Waals surface area (Å²) in [4.78, 5) is 12.0. The zero-order valence-corrected chi connectivity index (χ0v) is 11.6. The number of nitrogens with two attached hydrogens (primary N) is 1. The summed E-state index contributed by atoms with van der Waals surface area (Å²) in [7, 11) is 0. The average molecular weight is 268 g/mol. The molecular weight excluding hydrogens is 248 g/mol. The molecule has 0 aliphatic heterocycles. The van der Waals surface area contributed by atoms with Gasteiger partial charge in [-0.2, -0.15) is 0 Å². The monoisotopic (exact) mass is 268 g/mol. The molecule has 1 aliphatic rings. The van der Waals surface area contributed by atoms with E-state index >= 15 is 0 Å². The van der Waals surface area contributed by atoms with Gasteiger partial charge in [-0.05, 0) is 55.4 Å². The fraction of sp³-hybridized carbons (Fsp3) is 0.353. The Bertz CT molecular complexity index is 673. The molecule has 0 fully saturated rings. The van der Waals surface area contributed by atoms with Gasteiger partial charge in [-0.25, -0.2) is 0 Å². The van der Waals surface area contributed by atoms with Crippen LogP contribution in [0.3, 0.4) is 0 Å². The van der Waals surface area contributed by atoms with Gasteiger partial charge in [0.15, 0.2) is 0 Å². The molecule has 0 saturated carbocycles. The highest BCUT2D eigenvalue weighted by molar-refractivity contribution is 5.40. The molecule has 3 rings (SSSR count). The molecule has 0 bridgehead atoms. The molecule has 1 aliphatic carbocycles. The largest absolute Gasteiger partial charge is 0.399 e. The summed E-state index contributed by atoms with van der Waals surface area (Å²) in [5, 5.41) is 0. The highest BCUT2D eigenvalue weighted by Crippen LogP contribution is 2.20. The summed E-state index contributed by atoms with van der Waals surface area (Å²) in [6.07, 6.45) is 5.27. The Balaban J connectivity index is 1.70. The maximum atomic E-state index is 12.0. The van der Waals surface area contributed by atoms with Gasteiger partial charge >= 0.3 is 0 Å². The molecule has 0 saturated heterocycles. The molecule has 0 unspecified atom stereocenters. The smallest absolute Gasteiger partial charge is 0.250 e. The molecule has 104 valence electrons. The Hall–Kier alpha value is -2.03. The molecule has 0 atom stereocenters.